The number of hydrogen-bond donors (Lipinski definition) is 0. The molecule has 0 heterocycles. The minimum absolute atomic E-state index is 0.635. The predicted molar refractivity (Wildman–Crippen MR) is 216 cm³/mol. The van der Waals surface area contributed by atoms with Crippen LogP contribution in [0.2, 0.25) is 0 Å². The number of nitrogens with zero attached hydrogens (tertiary/aromatic N) is 1. The van der Waals surface area contributed by atoms with Gasteiger partial charge in [0, 0.05) is 6.89 Å². The number of aliphatic imine (C=N–C) groups is 1. The Kier molecular flexibility index (Phi) is 9.60. The van der Waals surface area contributed by atoms with Crippen molar-refractivity contribution in [3.05, 3.63) is 212 Å². The molecule has 0 unspecified atom stereocenters. The van der Waals surface area contributed by atoms with Gasteiger partial charge in [-0.1, -0.05) is 164 Å². The lowest BCUT2D eigenvalue weighted by Crippen LogP contribution is -2.43. The maximum absolute atomic E-state index is 6.81. The van der Waals surface area contributed by atoms with Gasteiger partial charge in [0.2, 0.25) is 0 Å². The summed E-state index contributed by atoms with van der Waals surface area (Å²) in [6.45, 7) is -2.74. The van der Waals surface area contributed by atoms with Crippen molar-refractivity contribution >= 4 is 74.4 Å². The van der Waals surface area contributed by atoms with E-state index in [0.29, 0.717) is 5.04 Å². The van der Waals surface area contributed by atoms with Gasteiger partial charge in [-0.25, -0.2) is 0 Å². The molecule has 7 aromatic rings. The van der Waals surface area contributed by atoms with Crippen molar-refractivity contribution in [1.82, 2.24) is 0 Å². The summed E-state index contributed by atoms with van der Waals surface area (Å²) in [7, 11) is -2.74. The summed E-state index contributed by atoms with van der Waals surface area (Å²) in [5.41, 5.74) is 0.847. The van der Waals surface area contributed by atoms with Crippen molar-refractivity contribution in [3.63, 3.8) is 0 Å². The summed E-state index contributed by atoms with van der Waals surface area (Å²) in [5, 5.41) is 9.32. The highest BCUT2D eigenvalue weighted by Gasteiger charge is 2.54. The van der Waals surface area contributed by atoms with E-state index in [1.54, 1.807) is 0 Å². The fourth-order valence-electron chi connectivity index (χ4n) is 6.72. The average molecular weight is 672 g/mol. The van der Waals surface area contributed by atoms with E-state index in [1.807, 2.05) is 30.3 Å². The van der Waals surface area contributed by atoms with Crippen LogP contribution in [0.15, 0.2) is 217 Å². The van der Waals surface area contributed by atoms with Crippen molar-refractivity contribution in [3.8, 4) is 0 Å². The van der Waals surface area contributed by atoms with E-state index in [4.69, 9.17) is 17.6 Å². The van der Waals surface area contributed by atoms with Crippen LogP contribution >= 0.6 is 14.1 Å². The van der Waals surface area contributed by atoms with Crippen molar-refractivity contribution in [1.29, 1.82) is 0 Å². The maximum atomic E-state index is 6.81. The molecule has 48 heavy (non-hydrogen) atoms. The monoisotopic (exact) mass is 671 g/mol. The third-order valence-corrected chi connectivity index (χ3v) is 19.2. The smallest absolute Gasteiger partial charge is 0.145 e. The molecule has 1 nitrogen and oxygen atoms in total. The average Bonchev–Trinajstić information content (AvgIpc) is 3.18. The van der Waals surface area contributed by atoms with Gasteiger partial charge >= 0.3 is 0 Å². The molecular weight excluding hydrogens is 637 g/mol. The third kappa shape index (κ3) is 5.78. The summed E-state index contributed by atoms with van der Waals surface area (Å²) in [5.74, 6) is 0. The fourth-order valence-corrected chi connectivity index (χ4v) is 19.2. The van der Waals surface area contributed by atoms with E-state index in [1.165, 1.54) is 36.9 Å². The molecule has 0 saturated heterocycles. The van der Waals surface area contributed by atoms with Crippen LogP contribution < -0.4 is 31.8 Å². The quantitative estimate of drug-likeness (QED) is 0.0650. The second kappa shape index (κ2) is 14.5. The normalized spacial score (nSPS) is 12.0. The maximum Gasteiger partial charge on any atom is 0.145 e. The van der Waals surface area contributed by atoms with Crippen LogP contribution in [0.4, 0.5) is 5.69 Å². The molecule has 0 spiro atoms. The van der Waals surface area contributed by atoms with Gasteiger partial charge in [0.15, 0.2) is 0 Å². The molecule has 0 fully saturated rings. The van der Waals surface area contributed by atoms with Crippen molar-refractivity contribution in [2.45, 2.75) is 0 Å². The first-order valence-electron chi connectivity index (χ1n) is 16.1. The zero-order chi connectivity index (χ0) is 32.7. The van der Waals surface area contributed by atoms with Crippen molar-refractivity contribution < 1.29 is 0 Å². The Morgan fingerprint density at radius 3 is 0.958 bits per heavy atom. The summed E-state index contributed by atoms with van der Waals surface area (Å²) in [6.07, 6.45) is 0. The van der Waals surface area contributed by atoms with E-state index in [-0.39, 0.29) is 0 Å². The van der Waals surface area contributed by atoms with Crippen LogP contribution in [-0.4, -0.2) is 10.1 Å². The molecule has 232 valence electrons. The molecular formula is C44H35NP2S. The molecule has 0 radical (unpaired) electrons. The Morgan fingerprint density at radius 2 is 0.646 bits per heavy atom. The molecule has 7 rings (SSSR count). The summed E-state index contributed by atoms with van der Waals surface area (Å²) in [4.78, 5) is 5.39. The Balaban J connectivity index is 1.86. The van der Waals surface area contributed by atoms with Gasteiger partial charge < -0.3 is 12.6 Å². The first kappa shape index (κ1) is 31.7. The largest absolute Gasteiger partial charge is 0.756 e. The van der Waals surface area contributed by atoms with E-state index in [2.05, 4.69) is 182 Å². The summed E-state index contributed by atoms with van der Waals surface area (Å²) >= 11 is 6.81. The van der Waals surface area contributed by atoms with E-state index in [0.717, 1.165) is 5.69 Å². The highest BCUT2D eigenvalue weighted by Crippen LogP contribution is 2.65. The van der Waals surface area contributed by atoms with Crippen molar-refractivity contribution in [2.75, 3.05) is 0 Å². The Morgan fingerprint density at radius 1 is 0.375 bits per heavy atom. The molecule has 0 bridgehead atoms. The second-order valence-electron chi connectivity index (χ2n) is 11.4. The summed E-state index contributed by atoms with van der Waals surface area (Å²) < 4.78 is 0. The first-order chi connectivity index (χ1) is 23.8. The fraction of sp³-hybridized carbons (Fsp3) is 0. The number of hydrogen-bond acceptors (Lipinski definition) is 2. The van der Waals surface area contributed by atoms with E-state index >= 15 is 0 Å². The molecule has 0 amide bonds. The van der Waals surface area contributed by atoms with Crippen LogP contribution in [-0.2, 0) is 12.6 Å². The molecule has 0 saturated carbocycles. The Hall–Kier alpha value is -4.84. The molecule has 4 heteroatoms. The number of para-hydroxylation sites is 1. The van der Waals surface area contributed by atoms with Crippen LogP contribution in [0.5, 0.6) is 0 Å². The van der Waals surface area contributed by atoms with Crippen molar-refractivity contribution in [2.24, 2.45) is 4.99 Å². The van der Waals surface area contributed by atoms with Gasteiger partial charge in [-0.3, -0.25) is 4.99 Å². The van der Waals surface area contributed by atoms with E-state index in [9.17, 15) is 0 Å². The van der Waals surface area contributed by atoms with Crippen LogP contribution in [0.1, 0.15) is 0 Å². The standard InChI is InChI=1S/C44H35NP2S/c48-43(45-36-22-8-1-9-23-36)44(46(37-24-10-2-11-25-37,38-26-12-3-13-27-38)39-28-14-4-15-29-39)47(40-30-16-5-17-31-40,41-32-18-6-19-33-41)42-34-20-7-21-35-42/h1-35H. The molecule has 0 aliphatic carbocycles. The van der Waals surface area contributed by atoms with Gasteiger partial charge in [-0.05, 0) is 69.5 Å². The molecule has 0 aromatic heterocycles. The van der Waals surface area contributed by atoms with Gasteiger partial charge in [0.1, 0.15) is 28.2 Å². The highest BCUT2D eigenvalue weighted by atomic mass is 32.1. The lowest BCUT2D eigenvalue weighted by molar-refractivity contribution is 1.54. The molecule has 0 atom stereocenters. The number of benzene rings is 7. The van der Waals surface area contributed by atoms with E-state index < -0.39 is 14.1 Å². The van der Waals surface area contributed by atoms with Crippen LogP contribution in [0.3, 0.4) is 0 Å². The lowest BCUT2D eigenvalue weighted by atomic mass is 10.3. The minimum Gasteiger partial charge on any atom is -0.756 e. The van der Waals surface area contributed by atoms with Gasteiger partial charge in [-0.2, -0.15) is 0 Å². The molecule has 7 aromatic carbocycles. The SMILES string of the molecule is [S-]C(=Nc1ccccc1)C(=P(c1ccccc1)(c1ccccc1)c1ccccc1)[P+](c1ccccc1)(c1ccccc1)c1ccccc1. The first-order valence-corrected chi connectivity index (χ1v) is 20.1. The van der Waals surface area contributed by atoms with Crippen LogP contribution in [0, 0.1) is 0 Å². The van der Waals surface area contributed by atoms with Gasteiger partial charge in [-0.15, -0.1) is 0 Å². The molecule has 0 aliphatic rings. The second-order valence-corrected chi connectivity index (χ2v) is 18.8. The van der Waals surface area contributed by atoms with Gasteiger partial charge in [0.25, 0.3) is 0 Å². The Labute approximate surface area is 290 Å². The topological polar surface area (TPSA) is 12.4 Å². The Bertz CT molecular complexity index is 1950. The molecule has 0 aliphatic heterocycles. The van der Waals surface area contributed by atoms with Crippen LogP contribution in [0.25, 0.3) is 0 Å². The predicted octanol–water partition coefficient (Wildman–Crippen LogP) is 8.38. The minimum atomic E-state index is -2.74. The third-order valence-electron chi connectivity index (χ3n) is 8.67. The molecule has 0 N–H and O–H groups in total. The van der Waals surface area contributed by atoms with Gasteiger partial charge in [0.05, 0.1) is 5.69 Å². The summed E-state index contributed by atoms with van der Waals surface area (Å²) in [6, 6.07) is 76.4. The zero-order valence-electron chi connectivity index (χ0n) is 26.5. The zero-order valence-corrected chi connectivity index (χ0v) is 29.1. The highest BCUT2D eigenvalue weighted by molar-refractivity contribution is 8.24. The lowest BCUT2D eigenvalue weighted by Gasteiger charge is -2.40. The number of rotatable bonds is 9.